The zero-order chi connectivity index (χ0) is 25.4. The minimum atomic E-state index is -0.511. The largest absolute Gasteiger partial charge is 0.497 e. The van der Waals surface area contributed by atoms with Gasteiger partial charge in [-0.25, -0.2) is 14.6 Å². The van der Waals surface area contributed by atoms with E-state index in [1.807, 2.05) is 49.4 Å². The Kier molecular flexibility index (Phi) is 9.08. The van der Waals surface area contributed by atoms with Crippen molar-refractivity contribution in [1.82, 2.24) is 9.88 Å². The normalized spacial score (nSPS) is 11.5. The van der Waals surface area contributed by atoms with E-state index in [2.05, 4.69) is 4.98 Å². The number of aromatic nitrogens is 1. The van der Waals surface area contributed by atoms with Crippen molar-refractivity contribution in [2.24, 2.45) is 0 Å². The van der Waals surface area contributed by atoms with E-state index in [-0.39, 0.29) is 18.8 Å². The Hall–Kier alpha value is -3.59. The van der Waals surface area contributed by atoms with E-state index >= 15 is 0 Å². The van der Waals surface area contributed by atoms with Gasteiger partial charge in [0.1, 0.15) is 22.6 Å². The number of hydrogen-bond acceptors (Lipinski definition) is 8. The molecule has 8 nitrogen and oxygen atoms in total. The lowest BCUT2D eigenvalue weighted by molar-refractivity contribution is 0.0514. The maximum Gasteiger partial charge on any atom is 0.410 e. The van der Waals surface area contributed by atoms with Crippen molar-refractivity contribution in [3.63, 3.8) is 0 Å². The quantitative estimate of drug-likeness (QED) is 0.355. The maximum absolute atomic E-state index is 12.8. The first kappa shape index (κ1) is 26.0. The number of nitrogens with zero attached hydrogens (tertiary/aromatic N) is 2. The molecule has 1 heterocycles. The van der Waals surface area contributed by atoms with Crippen molar-refractivity contribution >= 4 is 23.4 Å². The monoisotopic (exact) mass is 498 g/mol. The van der Waals surface area contributed by atoms with Crippen LogP contribution < -0.4 is 9.47 Å². The molecule has 1 amide bonds. The van der Waals surface area contributed by atoms with Gasteiger partial charge >= 0.3 is 12.1 Å². The predicted octanol–water partition coefficient (Wildman–Crippen LogP) is 5.20. The second-order valence-electron chi connectivity index (χ2n) is 7.81. The van der Waals surface area contributed by atoms with Crippen molar-refractivity contribution in [3.8, 4) is 22.1 Å². The van der Waals surface area contributed by atoms with Crippen molar-refractivity contribution in [2.75, 3.05) is 27.9 Å². The summed E-state index contributed by atoms with van der Waals surface area (Å²) in [4.78, 5) is 31.9. The van der Waals surface area contributed by atoms with Crippen LogP contribution in [0, 0.1) is 0 Å². The van der Waals surface area contributed by atoms with Gasteiger partial charge in [0.15, 0.2) is 5.69 Å². The Morgan fingerprint density at radius 2 is 1.83 bits per heavy atom. The van der Waals surface area contributed by atoms with Crippen molar-refractivity contribution in [3.05, 3.63) is 64.7 Å². The molecule has 1 unspecified atom stereocenters. The van der Waals surface area contributed by atoms with E-state index in [4.69, 9.17) is 18.9 Å². The average Bonchev–Trinajstić information content (AvgIpc) is 3.28. The van der Waals surface area contributed by atoms with Crippen LogP contribution >= 0.6 is 11.3 Å². The molecule has 0 aliphatic heterocycles. The molecule has 0 radical (unpaired) electrons. The summed E-state index contributed by atoms with van der Waals surface area (Å²) in [5.41, 5.74) is 2.00. The van der Waals surface area contributed by atoms with Gasteiger partial charge in [-0.3, -0.25) is 0 Å². The zero-order valence-corrected chi connectivity index (χ0v) is 21.4. The molecule has 3 rings (SSSR count). The number of amides is 1. The van der Waals surface area contributed by atoms with Gasteiger partial charge in [-0.1, -0.05) is 36.4 Å². The Labute approximate surface area is 209 Å². The summed E-state index contributed by atoms with van der Waals surface area (Å²) < 4.78 is 21.5. The Morgan fingerprint density at radius 3 is 2.49 bits per heavy atom. The molecule has 35 heavy (non-hydrogen) atoms. The van der Waals surface area contributed by atoms with Gasteiger partial charge in [0.2, 0.25) is 0 Å². The topological polar surface area (TPSA) is 87.2 Å². The van der Waals surface area contributed by atoms with E-state index in [1.54, 1.807) is 34.3 Å². The van der Waals surface area contributed by atoms with Crippen molar-refractivity contribution < 1.29 is 28.5 Å². The van der Waals surface area contributed by atoms with Crippen LogP contribution in [0.3, 0.4) is 0 Å². The molecular formula is C26H30N2O6S. The molecule has 0 N–H and O–H groups in total. The Morgan fingerprint density at radius 1 is 1.09 bits per heavy atom. The third kappa shape index (κ3) is 6.73. The lowest BCUT2D eigenvalue weighted by Gasteiger charge is -2.21. The number of thiazole rings is 1. The molecule has 9 heteroatoms. The minimum absolute atomic E-state index is 0.163. The van der Waals surface area contributed by atoms with Gasteiger partial charge in [0.05, 0.1) is 32.2 Å². The lowest BCUT2D eigenvalue weighted by atomic mass is 10.1. The lowest BCUT2D eigenvalue weighted by Crippen LogP contribution is -2.31. The van der Waals surface area contributed by atoms with Crippen LogP contribution in [0.5, 0.6) is 11.5 Å². The zero-order valence-electron chi connectivity index (χ0n) is 20.6. The summed E-state index contributed by atoms with van der Waals surface area (Å²) in [6.45, 7) is 3.96. The van der Waals surface area contributed by atoms with E-state index < -0.39 is 18.2 Å². The van der Waals surface area contributed by atoms with Gasteiger partial charge in [-0.2, -0.15) is 0 Å². The molecule has 0 spiro atoms. The van der Waals surface area contributed by atoms with E-state index in [9.17, 15) is 9.59 Å². The highest BCUT2D eigenvalue weighted by Crippen LogP contribution is 2.30. The molecule has 0 saturated carbocycles. The van der Waals surface area contributed by atoms with E-state index in [0.717, 1.165) is 11.1 Å². The van der Waals surface area contributed by atoms with Gasteiger partial charge in [0.25, 0.3) is 0 Å². The first-order valence-electron chi connectivity index (χ1n) is 11.2. The van der Waals surface area contributed by atoms with Crippen molar-refractivity contribution in [1.29, 1.82) is 0 Å². The molecule has 0 fully saturated rings. The third-order valence-corrected chi connectivity index (χ3v) is 6.27. The summed E-state index contributed by atoms with van der Waals surface area (Å²) in [5, 5.41) is 0.686. The molecule has 0 saturated heterocycles. The molecule has 3 aromatic rings. The molecule has 0 aliphatic carbocycles. The summed E-state index contributed by atoms with van der Waals surface area (Å²) in [6.07, 6.45) is -0.438. The molecule has 0 aliphatic rings. The second kappa shape index (κ2) is 12.2. The first-order valence-corrected chi connectivity index (χ1v) is 12.0. The van der Waals surface area contributed by atoms with Crippen LogP contribution in [-0.4, -0.2) is 55.9 Å². The van der Waals surface area contributed by atoms with Crippen LogP contribution in [0.1, 0.15) is 34.8 Å². The number of hydrogen-bond donors (Lipinski definition) is 0. The fourth-order valence-corrected chi connectivity index (χ4v) is 4.54. The minimum Gasteiger partial charge on any atom is -0.497 e. The van der Waals surface area contributed by atoms with Gasteiger partial charge in [-0.15, -0.1) is 11.3 Å². The van der Waals surface area contributed by atoms with Crippen LogP contribution in [0.15, 0.2) is 48.5 Å². The third-order valence-electron chi connectivity index (χ3n) is 5.18. The Bertz CT molecular complexity index is 1150. The molecular weight excluding hydrogens is 468 g/mol. The predicted molar refractivity (Wildman–Crippen MR) is 134 cm³/mol. The summed E-state index contributed by atoms with van der Waals surface area (Å²) in [7, 11) is 4.80. The summed E-state index contributed by atoms with van der Waals surface area (Å²) >= 11 is 1.35. The molecule has 186 valence electrons. The van der Waals surface area contributed by atoms with Crippen molar-refractivity contribution in [2.45, 2.75) is 32.9 Å². The fraction of sp³-hybridized carbons (Fsp3) is 0.346. The number of rotatable bonds is 10. The smallest absolute Gasteiger partial charge is 0.410 e. The van der Waals surface area contributed by atoms with Crippen LogP contribution in [0.2, 0.25) is 0 Å². The number of ether oxygens (including phenoxy) is 4. The van der Waals surface area contributed by atoms with Gasteiger partial charge in [-0.05, 0) is 25.5 Å². The number of carbonyl (C=O) groups excluding carboxylic acids is 2. The number of carbonyl (C=O) groups is 2. The molecule has 1 atom stereocenters. The van der Waals surface area contributed by atoms with Gasteiger partial charge in [0, 0.05) is 25.1 Å². The highest BCUT2D eigenvalue weighted by atomic mass is 32.1. The van der Waals surface area contributed by atoms with Crippen LogP contribution in [0.25, 0.3) is 10.6 Å². The summed E-state index contributed by atoms with van der Waals surface area (Å²) in [6, 6.07) is 15.1. The molecule has 0 bridgehead atoms. The highest BCUT2D eigenvalue weighted by molar-refractivity contribution is 7.15. The van der Waals surface area contributed by atoms with E-state index in [0.29, 0.717) is 27.8 Å². The maximum atomic E-state index is 12.8. The second-order valence-corrected chi connectivity index (χ2v) is 8.89. The summed E-state index contributed by atoms with van der Waals surface area (Å²) in [5.74, 6) is 0.840. The van der Waals surface area contributed by atoms with Crippen LogP contribution in [0.4, 0.5) is 4.79 Å². The Balaban J connectivity index is 1.70. The average molecular weight is 499 g/mol. The first-order chi connectivity index (χ1) is 16.9. The number of methoxy groups -OCH3 is 2. The van der Waals surface area contributed by atoms with E-state index in [1.165, 1.54) is 16.2 Å². The molecule has 2 aromatic carbocycles. The standard InChI is InChI=1S/C26H30N2O6S/c1-6-33-25(29)23-22(35-24(27-23)18-10-8-7-9-11-18)16-28(3)26(30)34-17(2)14-19-12-13-20(31-4)15-21(19)32-5/h7-13,15,17H,6,14,16H2,1-5H3. The van der Waals surface area contributed by atoms with Gasteiger partial charge < -0.3 is 23.8 Å². The van der Waals surface area contributed by atoms with Crippen LogP contribution in [-0.2, 0) is 22.4 Å². The number of esters is 1. The number of benzene rings is 2. The highest BCUT2D eigenvalue weighted by Gasteiger charge is 2.24. The molecule has 1 aromatic heterocycles. The fourth-order valence-electron chi connectivity index (χ4n) is 3.44. The SMILES string of the molecule is CCOC(=O)c1nc(-c2ccccc2)sc1CN(C)C(=O)OC(C)Cc1ccc(OC)cc1OC.